The Morgan fingerprint density at radius 3 is 2.55 bits per heavy atom. The molecule has 2 aliphatic heterocycles. The lowest BCUT2D eigenvalue weighted by atomic mass is 9.62. The number of hydrogen-bond donors (Lipinski definition) is 4. The molecule has 2 fully saturated rings. The molecule has 0 bridgehead atoms. The van der Waals surface area contributed by atoms with Crippen molar-refractivity contribution >= 4 is 40.7 Å². The van der Waals surface area contributed by atoms with E-state index in [4.69, 9.17) is 23.2 Å². The van der Waals surface area contributed by atoms with Gasteiger partial charge in [-0.05, 0) is 66.8 Å². The van der Waals surface area contributed by atoms with Gasteiger partial charge in [0.1, 0.15) is 11.2 Å². The summed E-state index contributed by atoms with van der Waals surface area (Å²) in [6.45, 7) is 6.23. The lowest BCUT2D eigenvalue weighted by molar-refractivity contribution is -0.124. The Balaban J connectivity index is 1.67. The summed E-state index contributed by atoms with van der Waals surface area (Å²) in [5.41, 5.74) is -0.00278. The lowest BCUT2D eigenvalue weighted by Gasteiger charge is -2.38. The highest BCUT2D eigenvalue weighted by atomic mass is 35.5. The maximum atomic E-state index is 15.8. The first kappa shape index (κ1) is 27.4. The Morgan fingerprint density at radius 1 is 1.16 bits per heavy atom. The number of carbonyl (C=O) groups is 2. The standard InChI is InChI=1S/C29H34Cl2FN3O3/c1-28(2,3)14-22-29(19-12-7-15(30)13-21(19)34-27(29)38)23(18-5-4-6-20(31)24(18)32)25(35-22)26(37)33-16-8-10-17(36)11-9-16/h4-7,12-13,16-17,22-23,25,35-36H,8-11,14H2,1-3H3,(H,33,37)(H,34,38)/t16?,17?,22-,23+,25?,29+/m1/s1. The third-order valence-electron chi connectivity index (χ3n) is 8.26. The van der Waals surface area contributed by atoms with Crippen molar-refractivity contribution in [3.8, 4) is 0 Å². The third-order valence-corrected chi connectivity index (χ3v) is 8.79. The molecule has 1 unspecified atom stereocenters. The van der Waals surface area contributed by atoms with Crippen molar-refractivity contribution < 1.29 is 19.1 Å². The van der Waals surface area contributed by atoms with Gasteiger partial charge in [-0.25, -0.2) is 4.39 Å². The van der Waals surface area contributed by atoms with Crippen LogP contribution in [0.25, 0.3) is 0 Å². The van der Waals surface area contributed by atoms with Crippen molar-refractivity contribution in [1.29, 1.82) is 0 Å². The average molecular weight is 563 g/mol. The van der Waals surface area contributed by atoms with Crippen LogP contribution in [-0.2, 0) is 15.0 Å². The molecule has 2 heterocycles. The van der Waals surface area contributed by atoms with Gasteiger partial charge in [0.25, 0.3) is 0 Å². The van der Waals surface area contributed by atoms with Crippen molar-refractivity contribution in [2.45, 2.75) is 88.4 Å². The summed E-state index contributed by atoms with van der Waals surface area (Å²) in [4.78, 5) is 28.1. The molecular weight excluding hydrogens is 528 g/mol. The van der Waals surface area contributed by atoms with E-state index < -0.39 is 29.2 Å². The molecule has 5 rings (SSSR count). The van der Waals surface area contributed by atoms with Crippen LogP contribution in [0, 0.1) is 11.2 Å². The fraction of sp³-hybridized carbons (Fsp3) is 0.517. The number of hydrogen-bond acceptors (Lipinski definition) is 4. The van der Waals surface area contributed by atoms with Gasteiger partial charge in [0.05, 0.1) is 17.2 Å². The van der Waals surface area contributed by atoms with Crippen LogP contribution in [0.2, 0.25) is 10.0 Å². The second-order valence-corrected chi connectivity index (χ2v) is 13.0. The number of fused-ring (bicyclic) bond motifs is 2. The molecule has 1 saturated carbocycles. The second kappa shape index (κ2) is 10.1. The monoisotopic (exact) mass is 561 g/mol. The zero-order valence-corrected chi connectivity index (χ0v) is 23.3. The molecule has 1 saturated heterocycles. The maximum absolute atomic E-state index is 15.8. The van der Waals surface area contributed by atoms with Crippen LogP contribution >= 0.6 is 23.2 Å². The number of carbonyl (C=O) groups excluding carboxylic acids is 2. The quantitative estimate of drug-likeness (QED) is 0.407. The van der Waals surface area contributed by atoms with Crippen LogP contribution in [0.15, 0.2) is 36.4 Å². The molecule has 204 valence electrons. The van der Waals surface area contributed by atoms with Crippen molar-refractivity contribution in [1.82, 2.24) is 10.6 Å². The summed E-state index contributed by atoms with van der Waals surface area (Å²) in [6.07, 6.45) is 2.75. The highest BCUT2D eigenvalue weighted by molar-refractivity contribution is 6.31. The first-order valence-corrected chi connectivity index (χ1v) is 14.0. The number of benzene rings is 2. The van der Waals surface area contributed by atoms with Crippen molar-refractivity contribution in [2.75, 3.05) is 5.32 Å². The van der Waals surface area contributed by atoms with Gasteiger partial charge in [-0.3, -0.25) is 9.59 Å². The molecule has 2 aromatic carbocycles. The van der Waals surface area contributed by atoms with E-state index in [1.165, 1.54) is 6.07 Å². The molecule has 3 aliphatic rings. The van der Waals surface area contributed by atoms with Gasteiger partial charge in [0.15, 0.2) is 0 Å². The van der Waals surface area contributed by atoms with E-state index in [9.17, 15) is 14.7 Å². The van der Waals surface area contributed by atoms with Gasteiger partial charge in [-0.15, -0.1) is 0 Å². The molecule has 6 nitrogen and oxygen atoms in total. The molecule has 0 aromatic heterocycles. The molecular formula is C29H34Cl2FN3O3. The minimum Gasteiger partial charge on any atom is -0.393 e. The van der Waals surface area contributed by atoms with Crippen molar-refractivity contribution in [3.63, 3.8) is 0 Å². The van der Waals surface area contributed by atoms with Gasteiger partial charge >= 0.3 is 0 Å². The van der Waals surface area contributed by atoms with Crippen LogP contribution in [0.3, 0.4) is 0 Å². The van der Waals surface area contributed by atoms with E-state index >= 15 is 4.39 Å². The van der Waals surface area contributed by atoms with E-state index in [1.807, 2.05) is 6.07 Å². The normalized spacial score (nSPS) is 30.8. The fourth-order valence-corrected chi connectivity index (χ4v) is 7.02. The number of nitrogens with one attached hydrogen (secondary N) is 3. The molecule has 9 heteroatoms. The highest BCUT2D eigenvalue weighted by Gasteiger charge is 2.66. The average Bonchev–Trinajstić information content (AvgIpc) is 3.31. The highest BCUT2D eigenvalue weighted by Crippen LogP contribution is 2.57. The topological polar surface area (TPSA) is 90.5 Å². The predicted molar refractivity (Wildman–Crippen MR) is 147 cm³/mol. The van der Waals surface area contributed by atoms with E-state index in [0.29, 0.717) is 48.4 Å². The summed E-state index contributed by atoms with van der Waals surface area (Å²) >= 11 is 12.5. The fourth-order valence-electron chi connectivity index (χ4n) is 6.66. The Morgan fingerprint density at radius 2 is 1.87 bits per heavy atom. The van der Waals surface area contributed by atoms with Crippen molar-refractivity contribution in [2.24, 2.45) is 5.41 Å². The number of rotatable bonds is 4. The Kier molecular flexibility index (Phi) is 7.27. The molecule has 1 aliphatic carbocycles. The third kappa shape index (κ3) is 4.72. The summed E-state index contributed by atoms with van der Waals surface area (Å²) in [7, 11) is 0. The van der Waals surface area contributed by atoms with Crippen LogP contribution < -0.4 is 16.0 Å². The number of anilines is 1. The number of aliphatic hydroxyl groups excluding tert-OH is 1. The van der Waals surface area contributed by atoms with Gasteiger partial charge in [-0.2, -0.15) is 0 Å². The van der Waals surface area contributed by atoms with Gasteiger partial charge in [0.2, 0.25) is 11.8 Å². The number of aliphatic hydroxyl groups is 1. The summed E-state index contributed by atoms with van der Waals surface area (Å²) in [5, 5.41) is 19.9. The van der Waals surface area contributed by atoms with Crippen LogP contribution in [0.1, 0.15) is 69.9 Å². The minimum atomic E-state index is -1.27. The first-order valence-electron chi connectivity index (χ1n) is 13.2. The Bertz CT molecular complexity index is 1260. The molecule has 0 radical (unpaired) electrons. The predicted octanol–water partition coefficient (Wildman–Crippen LogP) is 5.30. The SMILES string of the molecule is CC(C)(C)C[C@H]1NC(C(=O)NC2CCC(O)CC2)[C@H](c2cccc(Cl)c2F)[C@@]12C(=O)Nc1cc(Cl)ccc12. The zero-order valence-electron chi connectivity index (χ0n) is 21.8. The van der Waals surface area contributed by atoms with Crippen LogP contribution in [0.4, 0.5) is 10.1 Å². The van der Waals surface area contributed by atoms with Gasteiger partial charge in [0, 0.05) is 28.7 Å². The molecule has 4 atom stereocenters. The zero-order chi connectivity index (χ0) is 27.4. The van der Waals surface area contributed by atoms with Gasteiger partial charge < -0.3 is 21.1 Å². The van der Waals surface area contributed by atoms with E-state index in [2.05, 4.69) is 36.7 Å². The minimum absolute atomic E-state index is 0.0629. The molecule has 2 aromatic rings. The summed E-state index contributed by atoms with van der Waals surface area (Å²) in [6, 6.07) is 8.50. The number of amides is 2. The van der Waals surface area contributed by atoms with E-state index in [1.54, 1.807) is 24.3 Å². The molecule has 38 heavy (non-hydrogen) atoms. The largest absolute Gasteiger partial charge is 0.393 e. The van der Waals surface area contributed by atoms with E-state index in [-0.39, 0.29) is 40.0 Å². The number of halogens is 3. The second-order valence-electron chi connectivity index (χ2n) is 12.1. The summed E-state index contributed by atoms with van der Waals surface area (Å²) < 4.78 is 15.8. The van der Waals surface area contributed by atoms with Crippen molar-refractivity contribution in [3.05, 3.63) is 63.4 Å². The van der Waals surface area contributed by atoms with Gasteiger partial charge in [-0.1, -0.05) is 62.2 Å². The molecule has 1 spiro atoms. The summed E-state index contributed by atoms with van der Waals surface area (Å²) in [5.74, 6) is -2.09. The van der Waals surface area contributed by atoms with Crippen LogP contribution in [-0.4, -0.2) is 41.2 Å². The first-order chi connectivity index (χ1) is 17.9. The van der Waals surface area contributed by atoms with Crippen LogP contribution in [0.5, 0.6) is 0 Å². The Hall–Kier alpha value is -2.19. The molecule has 2 amide bonds. The maximum Gasteiger partial charge on any atom is 0.238 e. The van der Waals surface area contributed by atoms with E-state index in [0.717, 1.165) is 0 Å². The Labute approximate surface area is 232 Å². The smallest absolute Gasteiger partial charge is 0.238 e. The lowest BCUT2D eigenvalue weighted by Crippen LogP contribution is -2.50. The molecule has 4 N–H and O–H groups in total.